The Hall–Kier alpha value is -1.02. The summed E-state index contributed by atoms with van der Waals surface area (Å²) in [6, 6.07) is 7.69. The number of carbonyl (C=O) groups is 1. The van der Waals surface area contributed by atoms with Crippen LogP contribution in [0.1, 0.15) is 45.1 Å². The lowest BCUT2D eigenvalue weighted by atomic mass is 9.93. The molecule has 2 nitrogen and oxygen atoms in total. The van der Waals surface area contributed by atoms with Gasteiger partial charge in [0.25, 0.3) is 0 Å². The highest BCUT2D eigenvalue weighted by Gasteiger charge is 2.15. The Morgan fingerprint density at radius 1 is 1.39 bits per heavy atom. The van der Waals surface area contributed by atoms with Crippen LogP contribution in [0.15, 0.2) is 24.3 Å². The number of esters is 1. The first-order chi connectivity index (χ1) is 8.52. The molecule has 0 aliphatic heterocycles. The highest BCUT2D eigenvalue weighted by molar-refractivity contribution is 6.30. The van der Waals surface area contributed by atoms with E-state index in [0.29, 0.717) is 24.0 Å². The molecule has 0 aliphatic rings. The van der Waals surface area contributed by atoms with Gasteiger partial charge in [-0.3, -0.25) is 4.79 Å². The molecule has 1 unspecified atom stereocenters. The maximum Gasteiger partial charge on any atom is 0.306 e. The van der Waals surface area contributed by atoms with Crippen molar-refractivity contribution in [2.75, 3.05) is 6.61 Å². The van der Waals surface area contributed by atoms with E-state index in [1.165, 1.54) is 0 Å². The minimum atomic E-state index is -0.129. The molecular formula is C15H21ClO2. The van der Waals surface area contributed by atoms with Gasteiger partial charge in [0.1, 0.15) is 0 Å². The summed E-state index contributed by atoms with van der Waals surface area (Å²) in [7, 11) is 0. The van der Waals surface area contributed by atoms with Crippen molar-refractivity contribution in [3.05, 3.63) is 34.9 Å². The summed E-state index contributed by atoms with van der Waals surface area (Å²) in [6.45, 7) is 6.62. The minimum Gasteiger partial charge on any atom is -0.465 e. The topological polar surface area (TPSA) is 26.3 Å². The number of carbonyl (C=O) groups excluding carboxylic acids is 1. The molecule has 1 aromatic carbocycles. The Kier molecular flexibility index (Phi) is 6.20. The van der Waals surface area contributed by atoms with Gasteiger partial charge in [0.2, 0.25) is 0 Å². The summed E-state index contributed by atoms with van der Waals surface area (Å²) < 4.78 is 5.22. The second-order valence-electron chi connectivity index (χ2n) is 4.94. The first kappa shape index (κ1) is 15.0. The van der Waals surface area contributed by atoms with E-state index in [9.17, 15) is 4.79 Å². The third-order valence-electron chi connectivity index (χ3n) is 2.80. The summed E-state index contributed by atoms with van der Waals surface area (Å²) in [5.41, 5.74) is 1.10. The van der Waals surface area contributed by atoms with Crippen LogP contribution in [-0.2, 0) is 9.53 Å². The van der Waals surface area contributed by atoms with Gasteiger partial charge in [-0.15, -0.1) is 0 Å². The molecular weight excluding hydrogens is 248 g/mol. The predicted molar refractivity (Wildman–Crippen MR) is 74.9 cm³/mol. The second kappa shape index (κ2) is 7.42. The van der Waals surface area contributed by atoms with Gasteiger partial charge in [0.15, 0.2) is 0 Å². The van der Waals surface area contributed by atoms with Crippen molar-refractivity contribution in [2.45, 2.75) is 39.5 Å². The molecule has 0 aromatic heterocycles. The van der Waals surface area contributed by atoms with Crippen LogP contribution < -0.4 is 0 Å². The van der Waals surface area contributed by atoms with E-state index in [4.69, 9.17) is 16.3 Å². The quantitative estimate of drug-likeness (QED) is 0.714. The lowest BCUT2D eigenvalue weighted by Crippen LogP contribution is -2.13. The first-order valence-corrected chi connectivity index (χ1v) is 6.81. The zero-order valence-corrected chi connectivity index (χ0v) is 12.0. The maximum absolute atomic E-state index is 11.7. The van der Waals surface area contributed by atoms with E-state index in [2.05, 4.69) is 6.92 Å². The standard InChI is InChI=1S/C15H21ClO2/c1-4-12(9-15(17)18-10-11(2)3)13-6-5-7-14(16)8-13/h5-8,11-12H,4,9-10H2,1-3H3. The van der Waals surface area contributed by atoms with E-state index < -0.39 is 0 Å². The molecule has 1 atom stereocenters. The molecule has 1 aromatic rings. The molecule has 0 bridgehead atoms. The summed E-state index contributed by atoms with van der Waals surface area (Å²) >= 11 is 5.97. The Balaban J connectivity index is 2.59. The van der Waals surface area contributed by atoms with E-state index >= 15 is 0 Å². The van der Waals surface area contributed by atoms with Gasteiger partial charge >= 0.3 is 5.97 Å². The molecule has 0 amide bonds. The second-order valence-corrected chi connectivity index (χ2v) is 5.38. The highest BCUT2D eigenvalue weighted by atomic mass is 35.5. The van der Waals surface area contributed by atoms with Crippen molar-refractivity contribution in [1.82, 2.24) is 0 Å². The number of benzene rings is 1. The largest absolute Gasteiger partial charge is 0.465 e. The fourth-order valence-corrected chi connectivity index (χ4v) is 1.98. The van der Waals surface area contributed by atoms with E-state index in [-0.39, 0.29) is 11.9 Å². The van der Waals surface area contributed by atoms with Crippen molar-refractivity contribution in [3.8, 4) is 0 Å². The van der Waals surface area contributed by atoms with Crippen LogP contribution >= 0.6 is 11.6 Å². The van der Waals surface area contributed by atoms with Gasteiger partial charge < -0.3 is 4.74 Å². The number of rotatable bonds is 6. The third-order valence-corrected chi connectivity index (χ3v) is 3.04. The van der Waals surface area contributed by atoms with Crippen LogP contribution in [0.3, 0.4) is 0 Å². The zero-order valence-electron chi connectivity index (χ0n) is 11.3. The number of hydrogen-bond acceptors (Lipinski definition) is 2. The van der Waals surface area contributed by atoms with Gasteiger partial charge in [-0.25, -0.2) is 0 Å². The molecule has 0 spiro atoms. The van der Waals surface area contributed by atoms with Crippen LogP contribution in [-0.4, -0.2) is 12.6 Å². The Labute approximate surface area is 114 Å². The van der Waals surface area contributed by atoms with Crippen molar-refractivity contribution >= 4 is 17.6 Å². The smallest absolute Gasteiger partial charge is 0.306 e. The molecule has 1 rings (SSSR count). The molecule has 0 N–H and O–H groups in total. The van der Waals surface area contributed by atoms with E-state index in [0.717, 1.165) is 12.0 Å². The maximum atomic E-state index is 11.7. The summed E-state index contributed by atoms with van der Waals surface area (Å²) in [4.78, 5) is 11.7. The van der Waals surface area contributed by atoms with E-state index in [1.54, 1.807) is 0 Å². The molecule has 3 heteroatoms. The van der Waals surface area contributed by atoms with Gasteiger partial charge in [-0.2, -0.15) is 0 Å². The van der Waals surface area contributed by atoms with Gasteiger partial charge in [-0.1, -0.05) is 44.5 Å². The highest BCUT2D eigenvalue weighted by Crippen LogP contribution is 2.26. The van der Waals surface area contributed by atoms with Crippen molar-refractivity contribution < 1.29 is 9.53 Å². The fourth-order valence-electron chi connectivity index (χ4n) is 1.78. The Bertz CT molecular complexity index is 388. The van der Waals surface area contributed by atoms with Crippen LogP contribution in [0.4, 0.5) is 0 Å². The van der Waals surface area contributed by atoms with Crippen molar-refractivity contribution in [1.29, 1.82) is 0 Å². The molecule has 0 aliphatic carbocycles. The van der Waals surface area contributed by atoms with Gasteiger partial charge in [0, 0.05) is 5.02 Å². The normalized spacial score (nSPS) is 12.5. The predicted octanol–water partition coefficient (Wildman–Crippen LogP) is 4.42. The number of ether oxygens (including phenoxy) is 1. The number of hydrogen-bond donors (Lipinski definition) is 0. The van der Waals surface area contributed by atoms with Gasteiger partial charge in [0.05, 0.1) is 13.0 Å². The third kappa shape index (κ3) is 5.09. The van der Waals surface area contributed by atoms with Crippen molar-refractivity contribution in [3.63, 3.8) is 0 Å². The minimum absolute atomic E-state index is 0.129. The molecule has 0 fully saturated rings. The van der Waals surface area contributed by atoms with Gasteiger partial charge in [-0.05, 0) is 36.0 Å². The molecule has 18 heavy (non-hydrogen) atoms. The molecule has 0 saturated carbocycles. The Morgan fingerprint density at radius 3 is 2.67 bits per heavy atom. The molecule has 0 radical (unpaired) electrons. The summed E-state index contributed by atoms with van der Waals surface area (Å²) in [6.07, 6.45) is 1.32. The molecule has 0 heterocycles. The fraction of sp³-hybridized carbons (Fsp3) is 0.533. The number of halogens is 1. The lowest BCUT2D eigenvalue weighted by molar-refractivity contribution is -0.145. The van der Waals surface area contributed by atoms with Crippen LogP contribution in [0.5, 0.6) is 0 Å². The molecule has 0 saturated heterocycles. The average molecular weight is 269 g/mol. The Morgan fingerprint density at radius 2 is 2.11 bits per heavy atom. The van der Waals surface area contributed by atoms with Crippen LogP contribution in [0.25, 0.3) is 0 Å². The van der Waals surface area contributed by atoms with E-state index in [1.807, 2.05) is 38.1 Å². The zero-order chi connectivity index (χ0) is 13.5. The van der Waals surface area contributed by atoms with Crippen LogP contribution in [0, 0.1) is 5.92 Å². The lowest BCUT2D eigenvalue weighted by Gasteiger charge is -2.15. The summed E-state index contributed by atoms with van der Waals surface area (Å²) in [5.74, 6) is 0.430. The SMILES string of the molecule is CCC(CC(=O)OCC(C)C)c1cccc(Cl)c1. The monoisotopic (exact) mass is 268 g/mol. The summed E-state index contributed by atoms with van der Waals surface area (Å²) in [5, 5.41) is 0.710. The van der Waals surface area contributed by atoms with Crippen LogP contribution in [0.2, 0.25) is 5.02 Å². The average Bonchev–Trinajstić information content (AvgIpc) is 2.33. The molecule has 100 valence electrons. The van der Waals surface area contributed by atoms with Crippen molar-refractivity contribution in [2.24, 2.45) is 5.92 Å². The first-order valence-electron chi connectivity index (χ1n) is 6.44.